The summed E-state index contributed by atoms with van der Waals surface area (Å²) in [5.74, 6) is -0.352. The maximum atomic E-state index is 13.5. The molecule has 166 valence electrons. The summed E-state index contributed by atoms with van der Waals surface area (Å²) in [6.07, 6.45) is 1.04. The Morgan fingerprint density at radius 1 is 0.938 bits per heavy atom. The molecule has 3 atom stereocenters. The van der Waals surface area contributed by atoms with Crippen LogP contribution in [0.5, 0.6) is 11.5 Å². The number of hydrogen-bond acceptors (Lipinski definition) is 6. The molecule has 0 amide bonds. The third kappa shape index (κ3) is 3.81. The van der Waals surface area contributed by atoms with Crippen molar-refractivity contribution >= 4 is 17.5 Å². The van der Waals surface area contributed by atoms with Gasteiger partial charge < -0.3 is 14.2 Å². The summed E-state index contributed by atoms with van der Waals surface area (Å²) in [7, 11) is 4.49. The Morgan fingerprint density at radius 3 is 2.31 bits per heavy atom. The highest BCUT2D eigenvalue weighted by molar-refractivity contribution is 6.09. The molecular weight excluding hydrogens is 406 g/mol. The number of methoxy groups -OCH3 is 3. The van der Waals surface area contributed by atoms with Crippen LogP contribution < -0.4 is 9.47 Å². The third-order valence-corrected chi connectivity index (χ3v) is 6.38. The van der Waals surface area contributed by atoms with Crippen molar-refractivity contribution in [2.75, 3.05) is 21.3 Å². The minimum Gasteiger partial charge on any atom is -0.493 e. The fourth-order valence-electron chi connectivity index (χ4n) is 4.86. The van der Waals surface area contributed by atoms with Crippen LogP contribution in [-0.4, -0.2) is 38.8 Å². The van der Waals surface area contributed by atoms with Crippen LogP contribution >= 0.6 is 0 Å². The topological polar surface area (TPSA) is 74.2 Å². The van der Waals surface area contributed by atoms with Crippen LogP contribution in [0.15, 0.2) is 64.8 Å². The molecule has 32 heavy (non-hydrogen) atoms. The largest absolute Gasteiger partial charge is 0.493 e. The Morgan fingerprint density at radius 2 is 1.66 bits per heavy atom. The smallest absolute Gasteiger partial charge is 0.315 e. The first-order valence-electron chi connectivity index (χ1n) is 10.6. The van der Waals surface area contributed by atoms with E-state index in [1.165, 1.54) is 7.11 Å². The van der Waals surface area contributed by atoms with Crippen LogP contribution in [0, 0.1) is 5.92 Å². The number of allylic oxidation sites excluding steroid dienone is 2. The second-order valence-corrected chi connectivity index (χ2v) is 8.15. The second kappa shape index (κ2) is 8.99. The zero-order valence-electron chi connectivity index (χ0n) is 18.8. The first kappa shape index (κ1) is 21.8. The van der Waals surface area contributed by atoms with Gasteiger partial charge in [-0.3, -0.25) is 14.6 Å². The van der Waals surface area contributed by atoms with Crippen LogP contribution in [0.2, 0.25) is 0 Å². The summed E-state index contributed by atoms with van der Waals surface area (Å²) in [6.45, 7) is 1.83. The number of hydrogen-bond donors (Lipinski definition) is 0. The summed E-state index contributed by atoms with van der Waals surface area (Å²) in [5.41, 5.74) is 3.93. The van der Waals surface area contributed by atoms with E-state index >= 15 is 0 Å². The maximum absolute atomic E-state index is 13.5. The molecule has 0 spiro atoms. The van der Waals surface area contributed by atoms with Gasteiger partial charge >= 0.3 is 5.97 Å². The highest BCUT2D eigenvalue weighted by atomic mass is 16.5. The van der Waals surface area contributed by atoms with Gasteiger partial charge in [-0.25, -0.2) is 0 Å². The number of aliphatic imine (C=N–C) groups is 1. The fourth-order valence-corrected chi connectivity index (χ4v) is 4.86. The van der Waals surface area contributed by atoms with E-state index in [9.17, 15) is 9.59 Å². The van der Waals surface area contributed by atoms with Crippen molar-refractivity contribution in [3.8, 4) is 11.5 Å². The Kier molecular flexibility index (Phi) is 6.12. The standard InChI is InChI=1S/C26H27NO5/c1-15-23(26(29)32-4)24(17-10-11-21(30-2)22(14-17)31-3)25-19(27-15)12-18(13-20(25)28)16-8-6-5-7-9-16/h5-11,14,18,23-24H,12-13H2,1-4H3/t18-,23?,24+/m1/s1. The molecule has 6 heteroatoms. The molecule has 1 unspecified atom stereocenters. The van der Waals surface area contributed by atoms with Crippen molar-refractivity contribution in [3.05, 3.63) is 70.9 Å². The van der Waals surface area contributed by atoms with E-state index in [1.807, 2.05) is 49.4 Å². The Bertz CT molecular complexity index is 1100. The van der Waals surface area contributed by atoms with Crippen molar-refractivity contribution in [1.82, 2.24) is 0 Å². The number of ether oxygens (including phenoxy) is 3. The highest BCUT2D eigenvalue weighted by Crippen LogP contribution is 2.47. The minimum atomic E-state index is -0.672. The molecular formula is C26H27NO5. The van der Waals surface area contributed by atoms with Crippen molar-refractivity contribution in [1.29, 1.82) is 0 Å². The van der Waals surface area contributed by atoms with Crippen LogP contribution in [-0.2, 0) is 14.3 Å². The molecule has 0 fully saturated rings. The van der Waals surface area contributed by atoms with Crippen LogP contribution in [0.1, 0.15) is 42.7 Å². The molecule has 0 saturated heterocycles. The van der Waals surface area contributed by atoms with Gasteiger partial charge in [0.25, 0.3) is 0 Å². The molecule has 2 aromatic carbocycles. The SMILES string of the molecule is COC(=O)C1C(C)=NC2=C(C(=O)C[C@H](c3ccccc3)C2)[C@H]1c1ccc(OC)c(OC)c1. The Hall–Kier alpha value is -3.41. The van der Waals surface area contributed by atoms with Crippen LogP contribution in [0.4, 0.5) is 0 Å². The zero-order valence-corrected chi connectivity index (χ0v) is 18.8. The van der Waals surface area contributed by atoms with Gasteiger partial charge in [0.1, 0.15) is 5.92 Å². The maximum Gasteiger partial charge on any atom is 0.315 e. The van der Waals surface area contributed by atoms with Gasteiger partial charge in [-0.05, 0) is 42.5 Å². The van der Waals surface area contributed by atoms with Gasteiger partial charge in [0.2, 0.25) is 0 Å². The number of ketones is 1. The van der Waals surface area contributed by atoms with Gasteiger partial charge in [-0.1, -0.05) is 36.4 Å². The molecule has 0 radical (unpaired) electrons. The van der Waals surface area contributed by atoms with E-state index in [-0.39, 0.29) is 11.7 Å². The summed E-state index contributed by atoms with van der Waals surface area (Å²) in [4.78, 5) is 31.1. The molecule has 4 rings (SSSR count). The fraction of sp³-hybridized carbons (Fsp3) is 0.346. The first-order valence-corrected chi connectivity index (χ1v) is 10.6. The zero-order chi connectivity index (χ0) is 22.8. The quantitative estimate of drug-likeness (QED) is 0.651. The van der Waals surface area contributed by atoms with Gasteiger partial charge in [-0.15, -0.1) is 0 Å². The lowest BCUT2D eigenvalue weighted by Crippen LogP contribution is -2.37. The number of carbonyl (C=O) groups is 2. The van der Waals surface area contributed by atoms with Gasteiger partial charge in [0.05, 0.1) is 21.3 Å². The average Bonchev–Trinajstić information content (AvgIpc) is 2.82. The van der Waals surface area contributed by atoms with Crippen LogP contribution in [0.3, 0.4) is 0 Å². The normalized spacial score (nSPS) is 22.7. The van der Waals surface area contributed by atoms with Crippen molar-refractivity contribution in [2.45, 2.75) is 31.6 Å². The Labute approximate surface area is 187 Å². The lowest BCUT2D eigenvalue weighted by Gasteiger charge is -2.36. The predicted molar refractivity (Wildman–Crippen MR) is 121 cm³/mol. The number of rotatable bonds is 5. The van der Waals surface area contributed by atoms with Crippen molar-refractivity contribution in [3.63, 3.8) is 0 Å². The molecule has 2 aromatic rings. The molecule has 6 nitrogen and oxygen atoms in total. The van der Waals surface area contributed by atoms with E-state index in [4.69, 9.17) is 19.2 Å². The number of Topliss-reactive ketones (excluding diaryl/α,β-unsaturated/α-hetero) is 1. The number of nitrogens with zero attached hydrogens (tertiary/aromatic N) is 1. The van der Waals surface area contributed by atoms with Gasteiger partial charge in [-0.2, -0.15) is 0 Å². The Balaban J connectivity index is 1.84. The number of esters is 1. The minimum absolute atomic E-state index is 0.0186. The molecule has 1 aliphatic carbocycles. The second-order valence-electron chi connectivity index (χ2n) is 8.15. The van der Waals surface area contributed by atoms with Crippen molar-refractivity contribution < 1.29 is 23.8 Å². The van der Waals surface area contributed by atoms with Gasteiger partial charge in [0.15, 0.2) is 17.3 Å². The lowest BCUT2D eigenvalue weighted by atomic mass is 9.69. The van der Waals surface area contributed by atoms with Crippen LogP contribution in [0.25, 0.3) is 0 Å². The lowest BCUT2D eigenvalue weighted by molar-refractivity contribution is -0.143. The highest BCUT2D eigenvalue weighted by Gasteiger charge is 2.44. The number of benzene rings is 2. The molecule has 0 aromatic heterocycles. The average molecular weight is 434 g/mol. The van der Waals surface area contributed by atoms with E-state index in [1.54, 1.807) is 20.3 Å². The predicted octanol–water partition coefficient (Wildman–Crippen LogP) is 4.45. The van der Waals surface area contributed by atoms with E-state index in [2.05, 4.69) is 0 Å². The molecule has 0 saturated carbocycles. The summed E-state index contributed by atoms with van der Waals surface area (Å²) in [5, 5.41) is 0. The summed E-state index contributed by atoms with van der Waals surface area (Å²) >= 11 is 0. The summed E-state index contributed by atoms with van der Waals surface area (Å²) in [6, 6.07) is 15.5. The van der Waals surface area contributed by atoms with E-state index in [0.717, 1.165) is 16.8 Å². The molecule has 0 bridgehead atoms. The number of carbonyl (C=O) groups excluding carboxylic acids is 2. The first-order chi connectivity index (χ1) is 15.5. The molecule has 2 aliphatic rings. The van der Waals surface area contributed by atoms with Crippen molar-refractivity contribution in [2.24, 2.45) is 10.9 Å². The monoisotopic (exact) mass is 433 g/mol. The van der Waals surface area contributed by atoms with E-state index < -0.39 is 17.8 Å². The summed E-state index contributed by atoms with van der Waals surface area (Å²) < 4.78 is 16.0. The van der Waals surface area contributed by atoms with E-state index in [0.29, 0.717) is 35.6 Å². The molecule has 1 aliphatic heterocycles. The van der Waals surface area contributed by atoms with Gasteiger partial charge in [0, 0.05) is 29.3 Å². The third-order valence-electron chi connectivity index (χ3n) is 6.38. The molecule has 1 heterocycles. The molecule has 0 N–H and O–H groups in total.